The van der Waals surface area contributed by atoms with Crippen molar-refractivity contribution in [3.63, 3.8) is 0 Å². The van der Waals surface area contributed by atoms with Crippen molar-refractivity contribution in [1.29, 1.82) is 0 Å². The van der Waals surface area contributed by atoms with E-state index in [0.717, 1.165) is 18.8 Å². The zero-order chi connectivity index (χ0) is 11.6. The molecular weight excluding hydrogens is 214 g/mol. The molecule has 1 atom stereocenters. The Morgan fingerprint density at radius 3 is 2.38 bits per heavy atom. The number of hydrogen-bond donors (Lipinski definition) is 1. The van der Waals surface area contributed by atoms with Gasteiger partial charge in [0.15, 0.2) is 0 Å². The third-order valence-corrected chi connectivity index (χ3v) is 3.68. The van der Waals surface area contributed by atoms with Gasteiger partial charge in [0.25, 0.3) is 0 Å². The number of rotatable bonds is 3. The normalized spacial score (nSPS) is 21.1. The van der Waals surface area contributed by atoms with Gasteiger partial charge in [-0.05, 0) is 56.2 Å². The summed E-state index contributed by atoms with van der Waals surface area (Å²) in [5, 5.41) is 3.40. The van der Waals surface area contributed by atoms with Crippen LogP contribution in [0.15, 0.2) is 24.3 Å². The summed E-state index contributed by atoms with van der Waals surface area (Å²) in [4.78, 5) is 0. The van der Waals surface area contributed by atoms with Crippen LogP contribution in [0.5, 0.6) is 5.75 Å². The molecule has 1 aromatic rings. The zero-order valence-electron chi connectivity index (χ0n) is 10.4. The lowest BCUT2D eigenvalue weighted by atomic mass is 9.99. The van der Waals surface area contributed by atoms with E-state index in [1.807, 2.05) is 0 Å². The molecular formula is C13H21NOSi. The summed E-state index contributed by atoms with van der Waals surface area (Å²) in [7, 11) is -1.46. The SMILES string of the molecule is C[Si](C)(C)Oc1ccc(C2CCNC2)cc1. The van der Waals surface area contributed by atoms with E-state index in [1.54, 1.807) is 0 Å². The highest BCUT2D eigenvalue weighted by atomic mass is 28.4. The standard InChI is InChI=1S/C13H21NOSi/c1-16(2,3)15-13-6-4-11(5-7-13)12-8-9-14-10-12/h4-7,12,14H,8-10H2,1-3H3. The van der Waals surface area contributed by atoms with Gasteiger partial charge in [-0.3, -0.25) is 0 Å². The summed E-state index contributed by atoms with van der Waals surface area (Å²) in [5.74, 6) is 1.72. The lowest BCUT2D eigenvalue weighted by Crippen LogP contribution is -2.29. The highest BCUT2D eigenvalue weighted by Crippen LogP contribution is 2.25. The van der Waals surface area contributed by atoms with E-state index in [4.69, 9.17) is 4.43 Å². The third kappa shape index (κ3) is 3.09. The monoisotopic (exact) mass is 235 g/mol. The van der Waals surface area contributed by atoms with Gasteiger partial charge in [-0.2, -0.15) is 0 Å². The molecule has 88 valence electrons. The third-order valence-electron chi connectivity index (χ3n) is 2.84. The van der Waals surface area contributed by atoms with E-state index in [9.17, 15) is 0 Å². The van der Waals surface area contributed by atoms with Crippen molar-refractivity contribution in [2.24, 2.45) is 0 Å². The first-order valence-corrected chi connectivity index (χ1v) is 9.45. The van der Waals surface area contributed by atoms with E-state index >= 15 is 0 Å². The first-order valence-electron chi connectivity index (χ1n) is 6.04. The average molecular weight is 235 g/mol. The highest BCUT2D eigenvalue weighted by molar-refractivity contribution is 6.70. The second kappa shape index (κ2) is 4.59. The number of nitrogens with one attached hydrogen (secondary N) is 1. The Morgan fingerprint density at radius 2 is 1.88 bits per heavy atom. The molecule has 1 aliphatic heterocycles. The minimum absolute atomic E-state index is 0.695. The summed E-state index contributed by atoms with van der Waals surface area (Å²) in [6.07, 6.45) is 1.26. The van der Waals surface area contributed by atoms with E-state index in [2.05, 4.69) is 49.2 Å². The Balaban J connectivity index is 2.04. The molecule has 0 saturated carbocycles. The minimum atomic E-state index is -1.46. The fourth-order valence-electron chi connectivity index (χ4n) is 2.10. The summed E-state index contributed by atoms with van der Waals surface area (Å²) >= 11 is 0. The van der Waals surface area contributed by atoms with Gasteiger partial charge >= 0.3 is 0 Å². The quantitative estimate of drug-likeness (QED) is 0.813. The molecule has 0 amide bonds. The summed E-state index contributed by atoms with van der Waals surface area (Å²) in [6, 6.07) is 8.66. The Kier molecular flexibility index (Phi) is 3.35. The Hall–Kier alpha value is -0.803. The van der Waals surface area contributed by atoms with E-state index < -0.39 is 8.32 Å². The lowest BCUT2D eigenvalue weighted by Gasteiger charge is -2.19. The maximum atomic E-state index is 5.94. The first kappa shape index (κ1) is 11.7. The summed E-state index contributed by atoms with van der Waals surface area (Å²) in [6.45, 7) is 8.90. The molecule has 1 aliphatic rings. The van der Waals surface area contributed by atoms with Crippen molar-refractivity contribution in [2.45, 2.75) is 32.0 Å². The number of benzene rings is 1. The van der Waals surface area contributed by atoms with Gasteiger partial charge in [-0.15, -0.1) is 0 Å². The van der Waals surface area contributed by atoms with Gasteiger partial charge in [-0.1, -0.05) is 12.1 Å². The maximum Gasteiger partial charge on any atom is 0.242 e. The molecule has 2 rings (SSSR count). The largest absolute Gasteiger partial charge is 0.544 e. The van der Waals surface area contributed by atoms with Crippen LogP contribution in [0.25, 0.3) is 0 Å². The maximum absolute atomic E-state index is 5.94. The first-order chi connectivity index (χ1) is 7.54. The molecule has 0 radical (unpaired) electrons. The van der Waals surface area contributed by atoms with Gasteiger partial charge < -0.3 is 9.74 Å². The van der Waals surface area contributed by atoms with Crippen LogP contribution in [0.1, 0.15) is 17.9 Å². The van der Waals surface area contributed by atoms with Crippen LogP contribution >= 0.6 is 0 Å². The molecule has 0 aromatic heterocycles. The van der Waals surface area contributed by atoms with Gasteiger partial charge in [-0.25, -0.2) is 0 Å². The molecule has 0 aliphatic carbocycles. The minimum Gasteiger partial charge on any atom is -0.544 e. The van der Waals surface area contributed by atoms with Crippen LogP contribution in [0.4, 0.5) is 0 Å². The summed E-state index contributed by atoms with van der Waals surface area (Å²) in [5.41, 5.74) is 1.44. The molecule has 1 N–H and O–H groups in total. The Morgan fingerprint density at radius 1 is 1.19 bits per heavy atom. The van der Waals surface area contributed by atoms with Gasteiger partial charge in [0.1, 0.15) is 5.75 Å². The molecule has 1 aromatic carbocycles. The molecule has 16 heavy (non-hydrogen) atoms. The fraction of sp³-hybridized carbons (Fsp3) is 0.538. The molecule has 3 heteroatoms. The predicted molar refractivity (Wildman–Crippen MR) is 70.6 cm³/mol. The van der Waals surface area contributed by atoms with Crippen molar-refractivity contribution < 1.29 is 4.43 Å². The van der Waals surface area contributed by atoms with Crippen molar-refractivity contribution in [3.05, 3.63) is 29.8 Å². The van der Waals surface area contributed by atoms with Crippen LogP contribution in [-0.4, -0.2) is 21.4 Å². The lowest BCUT2D eigenvalue weighted by molar-refractivity contribution is 0.557. The van der Waals surface area contributed by atoms with Gasteiger partial charge in [0, 0.05) is 6.54 Å². The Labute approximate surface area is 99.1 Å². The van der Waals surface area contributed by atoms with Gasteiger partial charge in [0.05, 0.1) is 0 Å². The number of hydrogen-bond acceptors (Lipinski definition) is 2. The highest BCUT2D eigenvalue weighted by Gasteiger charge is 2.18. The van der Waals surface area contributed by atoms with Crippen LogP contribution in [-0.2, 0) is 0 Å². The molecule has 0 bridgehead atoms. The zero-order valence-corrected chi connectivity index (χ0v) is 11.4. The van der Waals surface area contributed by atoms with E-state index in [1.165, 1.54) is 12.0 Å². The molecule has 0 spiro atoms. The average Bonchev–Trinajstić information content (AvgIpc) is 2.69. The fourth-order valence-corrected chi connectivity index (χ4v) is 2.94. The Bertz CT molecular complexity index is 336. The van der Waals surface area contributed by atoms with Crippen molar-refractivity contribution in [2.75, 3.05) is 13.1 Å². The molecule has 2 nitrogen and oxygen atoms in total. The smallest absolute Gasteiger partial charge is 0.242 e. The van der Waals surface area contributed by atoms with Crippen LogP contribution in [0.3, 0.4) is 0 Å². The summed E-state index contributed by atoms with van der Waals surface area (Å²) < 4.78 is 5.94. The van der Waals surface area contributed by atoms with E-state index in [-0.39, 0.29) is 0 Å². The van der Waals surface area contributed by atoms with Crippen molar-refractivity contribution >= 4 is 8.32 Å². The molecule has 1 unspecified atom stereocenters. The van der Waals surface area contributed by atoms with Crippen LogP contribution in [0.2, 0.25) is 19.6 Å². The van der Waals surface area contributed by atoms with Crippen LogP contribution < -0.4 is 9.74 Å². The topological polar surface area (TPSA) is 21.3 Å². The molecule has 1 fully saturated rings. The second-order valence-electron chi connectivity index (χ2n) is 5.47. The van der Waals surface area contributed by atoms with Crippen molar-refractivity contribution in [3.8, 4) is 5.75 Å². The molecule has 1 saturated heterocycles. The van der Waals surface area contributed by atoms with E-state index in [0.29, 0.717) is 5.92 Å². The molecule has 1 heterocycles. The van der Waals surface area contributed by atoms with Crippen molar-refractivity contribution in [1.82, 2.24) is 5.32 Å². The van der Waals surface area contributed by atoms with Crippen LogP contribution in [0, 0.1) is 0 Å². The van der Waals surface area contributed by atoms with Gasteiger partial charge in [0.2, 0.25) is 8.32 Å². The second-order valence-corrected chi connectivity index (χ2v) is 9.90. The predicted octanol–water partition coefficient (Wildman–Crippen LogP) is 2.98.